The Kier molecular flexibility index (Phi) is 5.58. The average Bonchev–Trinajstić information content (AvgIpc) is 2.28. The molecule has 0 bridgehead atoms. The van der Waals surface area contributed by atoms with Crippen LogP contribution in [0, 0.1) is 0 Å². The van der Waals surface area contributed by atoms with Crippen LogP contribution >= 0.6 is 23.2 Å². The van der Waals surface area contributed by atoms with E-state index in [1.54, 1.807) is 32.0 Å². The third-order valence-corrected chi connectivity index (χ3v) is 2.78. The Balaban J connectivity index is 3.18. The second-order valence-electron chi connectivity index (χ2n) is 4.23. The normalized spacial score (nSPS) is 11.6. The summed E-state index contributed by atoms with van der Waals surface area (Å²) in [5.41, 5.74) is 0.443. The standard InChI is InChI=1S/C14H14Cl2O3/c1-8(2)19-14(18)12(9(3)17)7-10-6-11(15)4-5-13(10)16/h4-8H,1-3H3. The van der Waals surface area contributed by atoms with Crippen molar-refractivity contribution in [2.24, 2.45) is 0 Å². The van der Waals surface area contributed by atoms with Crippen LogP contribution in [0.25, 0.3) is 6.08 Å². The van der Waals surface area contributed by atoms with Gasteiger partial charge in [-0.1, -0.05) is 23.2 Å². The van der Waals surface area contributed by atoms with Gasteiger partial charge in [0.05, 0.1) is 6.10 Å². The van der Waals surface area contributed by atoms with E-state index in [4.69, 9.17) is 27.9 Å². The lowest BCUT2D eigenvalue weighted by molar-refractivity contribution is -0.143. The topological polar surface area (TPSA) is 43.4 Å². The molecule has 0 saturated heterocycles. The van der Waals surface area contributed by atoms with Gasteiger partial charge in [0.1, 0.15) is 5.57 Å². The van der Waals surface area contributed by atoms with Crippen LogP contribution in [0.15, 0.2) is 23.8 Å². The quantitative estimate of drug-likeness (QED) is 0.366. The maximum absolute atomic E-state index is 11.8. The van der Waals surface area contributed by atoms with Gasteiger partial charge in [0, 0.05) is 10.0 Å². The molecule has 0 fully saturated rings. The molecule has 0 amide bonds. The predicted octanol–water partition coefficient (Wildman–Crippen LogP) is 3.92. The van der Waals surface area contributed by atoms with Crippen LogP contribution in [0.2, 0.25) is 10.0 Å². The van der Waals surface area contributed by atoms with Crippen LogP contribution in [-0.2, 0) is 14.3 Å². The highest BCUT2D eigenvalue weighted by molar-refractivity contribution is 6.34. The minimum atomic E-state index is -0.668. The molecule has 102 valence electrons. The minimum Gasteiger partial charge on any atom is -0.459 e. The zero-order chi connectivity index (χ0) is 14.6. The van der Waals surface area contributed by atoms with E-state index in [1.807, 2.05) is 0 Å². The largest absolute Gasteiger partial charge is 0.459 e. The van der Waals surface area contributed by atoms with E-state index in [1.165, 1.54) is 13.0 Å². The second-order valence-corrected chi connectivity index (χ2v) is 5.08. The number of rotatable bonds is 4. The Hall–Kier alpha value is -1.32. The molecule has 0 radical (unpaired) electrons. The fraction of sp³-hybridized carbons (Fsp3) is 0.286. The highest BCUT2D eigenvalue weighted by Crippen LogP contribution is 2.23. The van der Waals surface area contributed by atoms with Crippen molar-refractivity contribution in [2.45, 2.75) is 26.9 Å². The number of hydrogen-bond donors (Lipinski definition) is 0. The van der Waals surface area contributed by atoms with Crippen molar-refractivity contribution >= 4 is 41.0 Å². The van der Waals surface area contributed by atoms with E-state index in [0.29, 0.717) is 15.6 Å². The third-order valence-electron chi connectivity index (χ3n) is 2.20. The molecule has 0 atom stereocenters. The number of ether oxygens (including phenoxy) is 1. The summed E-state index contributed by atoms with van der Waals surface area (Å²) >= 11 is 11.8. The Labute approximate surface area is 122 Å². The summed E-state index contributed by atoms with van der Waals surface area (Å²) in [6.07, 6.45) is 1.09. The van der Waals surface area contributed by atoms with Crippen LogP contribution < -0.4 is 0 Å². The lowest BCUT2D eigenvalue weighted by Crippen LogP contribution is -2.17. The van der Waals surface area contributed by atoms with Crippen molar-refractivity contribution in [3.63, 3.8) is 0 Å². The summed E-state index contributed by atoms with van der Waals surface area (Å²) in [5, 5.41) is 0.872. The van der Waals surface area contributed by atoms with Crippen LogP contribution in [0.3, 0.4) is 0 Å². The smallest absolute Gasteiger partial charge is 0.342 e. The number of hydrogen-bond acceptors (Lipinski definition) is 3. The maximum Gasteiger partial charge on any atom is 0.342 e. The Morgan fingerprint density at radius 2 is 1.89 bits per heavy atom. The Morgan fingerprint density at radius 1 is 1.26 bits per heavy atom. The molecule has 0 heterocycles. The van der Waals surface area contributed by atoms with Gasteiger partial charge >= 0.3 is 5.97 Å². The number of carbonyl (C=O) groups excluding carboxylic acids is 2. The van der Waals surface area contributed by atoms with Crippen molar-refractivity contribution in [1.82, 2.24) is 0 Å². The van der Waals surface area contributed by atoms with Crippen LogP contribution in [0.5, 0.6) is 0 Å². The molecule has 0 aliphatic carbocycles. The Morgan fingerprint density at radius 3 is 2.42 bits per heavy atom. The highest BCUT2D eigenvalue weighted by Gasteiger charge is 2.18. The molecule has 0 aliphatic heterocycles. The number of Topliss-reactive ketones (excluding diaryl/α,β-unsaturated/α-hetero) is 1. The molecule has 0 N–H and O–H groups in total. The summed E-state index contributed by atoms with van der Waals surface area (Å²) < 4.78 is 5.01. The molecule has 3 nitrogen and oxygen atoms in total. The average molecular weight is 301 g/mol. The number of benzene rings is 1. The number of carbonyl (C=O) groups is 2. The summed E-state index contributed by atoms with van der Waals surface area (Å²) in [7, 11) is 0. The first-order valence-corrected chi connectivity index (χ1v) is 6.45. The van der Waals surface area contributed by atoms with Crippen molar-refractivity contribution < 1.29 is 14.3 Å². The monoisotopic (exact) mass is 300 g/mol. The van der Waals surface area contributed by atoms with E-state index in [9.17, 15) is 9.59 Å². The lowest BCUT2D eigenvalue weighted by atomic mass is 10.1. The molecule has 0 aliphatic rings. The van der Waals surface area contributed by atoms with Gasteiger partial charge < -0.3 is 4.74 Å². The predicted molar refractivity (Wildman–Crippen MR) is 76.3 cm³/mol. The Bertz CT molecular complexity index is 533. The molecular formula is C14H14Cl2O3. The molecule has 0 spiro atoms. The van der Waals surface area contributed by atoms with Gasteiger partial charge in [-0.3, -0.25) is 4.79 Å². The molecular weight excluding hydrogens is 287 g/mol. The van der Waals surface area contributed by atoms with Gasteiger partial charge in [0.15, 0.2) is 5.78 Å². The van der Waals surface area contributed by atoms with Gasteiger partial charge in [-0.05, 0) is 50.6 Å². The van der Waals surface area contributed by atoms with E-state index in [2.05, 4.69) is 0 Å². The number of halogens is 2. The van der Waals surface area contributed by atoms with Gasteiger partial charge in [-0.15, -0.1) is 0 Å². The van der Waals surface area contributed by atoms with E-state index in [0.717, 1.165) is 0 Å². The van der Waals surface area contributed by atoms with Crippen molar-refractivity contribution in [3.8, 4) is 0 Å². The fourth-order valence-corrected chi connectivity index (χ4v) is 1.72. The fourth-order valence-electron chi connectivity index (χ4n) is 1.36. The van der Waals surface area contributed by atoms with Gasteiger partial charge in [-0.2, -0.15) is 0 Å². The second kappa shape index (κ2) is 6.73. The van der Waals surface area contributed by atoms with Gasteiger partial charge in [-0.25, -0.2) is 4.79 Å². The van der Waals surface area contributed by atoms with Crippen LogP contribution in [0.4, 0.5) is 0 Å². The number of esters is 1. The summed E-state index contributed by atoms with van der Waals surface area (Å²) in [6.45, 7) is 4.72. The first kappa shape index (κ1) is 15.7. The summed E-state index contributed by atoms with van der Waals surface area (Å²) in [5.74, 6) is -1.06. The third kappa shape index (κ3) is 4.69. The van der Waals surface area contributed by atoms with Crippen molar-refractivity contribution in [3.05, 3.63) is 39.4 Å². The SMILES string of the molecule is CC(=O)C(=Cc1cc(Cl)ccc1Cl)C(=O)OC(C)C. The molecule has 0 saturated carbocycles. The van der Waals surface area contributed by atoms with Gasteiger partial charge in [0.25, 0.3) is 0 Å². The number of ketones is 1. The molecule has 19 heavy (non-hydrogen) atoms. The lowest BCUT2D eigenvalue weighted by Gasteiger charge is -2.09. The molecule has 0 unspecified atom stereocenters. The molecule has 1 aromatic rings. The van der Waals surface area contributed by atoms with Crippen LogP contribution in [0.1, 0.15) is 26.3 Å². The maximum atomic E-state index is 11.8. The molecule has 1 rings (SSSR count). The highest BCUT2D eigenvalue weighted by atomic mass is 35.5. The van der Waals surface area contributed by atoms with Gasteiger partial charge in [0.2, 0.25) is 0 Å². The zero-order valence-corrected chi connectivity index (χ0v) is 12.4. The summed E-state index contributed by atoms with van der Waals surface area (Å²) in [6, 6.07) is 4.80. The van der Waals surface area contributed by atoms with Crippen molar-refractivity contribution in [1.29, 1.82) is 0 Å². The zero-order valence-electron chi connectivity index (χ0n) is 10.9. The summed E-state index contributed by atoms with van der Waals surface area (Å²) in [4.78, 5) is 23.3. The van der Waals surface area contributed by atoms with E-state index >= 15 is 0 Å². The molecule has 0 aromatic heterocycles. The molecule has 5 heteroatoms. The first-order chi connectivity index (χ1) is 8.81. The van der Waals surface area contributed by atoms with Crippen molar-refractivity contribution in [2.75, 3.05) is 0 Å². The van der Waals surface area contributed by atoms with E-state index < -0.39 is 5.97 Å². The van der Waals surface area contributed by atoms with Crippen LogP contribution in [-0.4, -0.2) is 17.9 Å². The minimum absolute atomic E-state index is 0.0575. The van der Waals surface area contributed by atoms with E-state index in [-0.39, 0.29) is 17.5 Å². The first-order valence-electron chi connectivity index (χ1n) is 5.70. The molecule has 1 aromatic carbocycles.